The smallest absolute Gasteiger partial charge is 0.172 e. The molecule has 0 amide bonds. The van der Waals surface area contributed by atoms with Gasteiger partial charge in [0, 0.05) is 18.8 Å². The molecule has 5 heteroatoms. The highest BCUT2D eigenvalue weighted by Gasteiger charge is 2.36. The standard InChI is InChI=1S/C33H40O5/c1-3-17-33(18-7-8-19-33)20-16-24-12-9-13-26(23-10-5-4-6-11-23)27-22-29(35)30(38-2)21-25(27)14-15-28(34)32(37)31(24)36/h4-6,10-11,21-22,24,26,32,35,37H,3,7-8,12,14-20H2,1-2H3. The number of carbonyl (C=O) groups is 2. The second-order valence-corrected chi connectivity index (χ2v) is 11.1. The molecule has 5 nitrogen and oxygen atoms in total. The molecule has 2 N–H and O–H groups in total. The summed E-state index contributed by atoms with van der Waals surface area (Å²) >= 11 is 0. The molecule has 202 valence electrons. The molecule has 2 aromatic rings. The van der Waals surface area contributed by atoms with Crippen molar-refractivity contribution in [1.82, 2.24) is 0 Å². The first kappa shape index (κ1) is 27.9. The molecule has 1 saturated carbocycles. The number of hydrogen-bond acceptors (Lipinski definition) is 5. The molecule has 0 spiro atoms. The molecular formula is C33H40O5. The number of methoxy groups -OCH3 is 1. The molecule has 1 fully saturated rings. The van der Waals surface area contributed by atoms with Crippen LogP contribution in [0.25, 0.3) is 0 Å². The summed E-state index contributed by atoms with van der Waals surface area (Å²) in [6, 6.07) is 13.3. The van der Waals surface area contributed by atoms with Crippen LogP contribution in [-0.4, -0.2) is 35.0 Å². The lowest BCUT2D eigenvalue weighted by atomic mass is 9.74. The highest BCUT2D eigenvalue weighted by Crippen LogP contribution is 2.46. The summed E-state index contributed by atoms with van der Waals surface area (Å²) in [5, 5.41) is 21.4. The number of aryl methyl sites for hydroxylation is 1. The van der Waals surface area contributed by atoms with Crippen molar-refractivity contribution in [2.75, 3.05) is 7.11 Å². The predicted molar refractivity (Wildman–Crippen MR) is 148 cm³/mol. The minimum atomic E-state index is -1.63. The van der Waals surface area contributed by atoms with Crippen molar-refractivity contribution in [2.45, 2.75) is 89.6 Å². The van der Waals surface area contributed by atoms with Gasteiger partial charge in [-0.3, -0.25) is 9.59 Å². The van der Waals surface area contributed by atoms with Gasteiger partial charge in [0.15, 0.2) is 29.2 Å². The molecule has 2 aliphatic carbocycles. The Morgan fingerprint density at radius 2 is 1.79 bits per heavy atom. The first-order valence-electron chi connectivity index (χ1n) is 14.0. The minimum absolute atomic E-state index is 0.0123. The number of aliphatic hydroxyl groups is 1. The fourth-order valence-electron chi connectivity index (χ4n) is 6.43. The molecule has 3 atom stereocenters. The van der Waals surface area contributed by atoms with Gasteiger partial charge in [-0.25, -0.2) is 0 Å². The Bertz CT molecular complexity index is 1180. The van der Waals surface area contributed by atoms with Crippen LogP contribution in [0.2, 0.25) is 0 Å². The van der Waals surface area contributed by atoms with Gasteiger partial charge in [-0.05, 0) is 72.8 Å². The normalized spacial score (nSPS) is 23.5. The highest BCUT2D eigenvalue weighted by atomic mass is 16.5. The van der Waals surface area contributed by atoms with E-state index < -0.39 is 23.6 Å². The number of aliphatic hydroxyl groups excluding tert-OH is 1. The summed E-state index contributed by atoms with van der Waals surface area (Å²) in [5.41, 5.74) is 2.85. The Morgan fingerprint density at radius 1 is 1.05 bits per heavy atom. The van der Waals surface area contributed by atoms with Crippen LogP contribution in [0.15, 0.2) is 42.5 Å². The van der Waals surface area contributed by atoms with Crippen LogP contribution in [0.5, 0.6) is 11.5 Å². The second-order valence-electron chi connectivity index (χ2n) is 11.1. The van der Waals surface area contributed by atoms with E-state index in [1.165, 1.54) is 32.8 Å². The molecular weight excluding hydrogens is 476 g/mol. The van der Waals surface area contributed by atoms with E-state index in [0.29, 0.717) is 25.0 Å². The molecule has 0 radical (unpaired) electrons. The number of fused-ring (bicyclic) bond motifs is 1. The van der Waals surface area contributed by atoms with Crippen molar-refractivity contribution in [3.05, 3.63) is 59.2 Å². The third kappa shape index (κ3) is 6.30. The largest absolute Gasteiger partial charge is 0.504 e. The van der Waals surface area contributed by atoms with Gasteiger partial charge in [0.05, 0.1) is 13.0 Å². The molecule has 0 saturated heterocycles. The third-order valence-electron chi connectivity index (χ3n) is 8.56. The van der Waals surface area contributed by atoms with Crippen molar-refractivity contribution >= 4 is 11.6 Å². The van der Waals surface area contributed by atoms with Gasteiger partial charge in [0.2, 0.25) is 0 Å². The zero-order valence-corrected chi connectivity index (χ0v) is 22.7. The summed E-state index contributed by atoms with van der Waals surface area (Å²) in [5.74, 6) is 5.32. The summed E-state index contributed by atoms with van der Waals surface area (Å²) in [4.78, 5) is 26.4. The number of phenols is 1. The number of ketones is 2. The Morgan fingerprint density at radius 3 is 2.47 bits per heavy atom. The number of benzene rings is 2. The van der Waals surface area contributed by atoms with Crippen molar-refractivity contribution < 1.29 is 24.5 Å². The lowest BCUT2D eigenvalue weighted by molar-refractivity contribution is -0.141. The maximum atomic E-state index is 13.4. The van der Waals surface area contributed by atoms with Gasteiger partial charge in [-0.2, -0.15) is 0 Å². The quantitative estimate of drug-likeness (QED) is 0.342. The molecule has 0 bridgehead atoms. The van der Waals surface area contributed by atoms with Crippen molar-refractivity contribution in [2.24, 2.45) is 11.3 Å². The van der Waals surface area contributed by atoms with Gasteiger partial charge in [0.1, 0.15) is 0 Å². The molecule has 3 unspecified atom stereocenters. The van der Waals surface area contributed by atoms with Gasteiger partial charge >= 0.3 is 0 Å². The highest BCUT2D eigenvalue weighted by molar-refractivity contribution is 6.06. The van der Waals surface area contributed by atoms with Crippen LogP contribution in [0.1, 0.15) is 93.7 Å². The Labute approximate surface area is 226 Å². The third-order valence-corrected chi connectivity index (χ3v) is 8.56. The average molecular weight is 517 g/mol. The van der Waals surface area contributed by atoms with E-state index in [1.54, 1.807) is 12.1 Å². The number of aromatic hydroxyl groups is 1. The van der Waals surface area contributed by atoms with E-state index in [1.807, 2.05) is 30.3 Å². The van der Waals surface area contributed by atoms with E-state index in [-0.39, 0.29) is 23.5 Å². The van der Waals surface area contributed by atoms with Crippen LogP contribution in [0.3, 0.4) is 0 Å². The first-order valence-corrected chi connectivity index (χ1v) is 14.0. The monoisotopic (exact) mass is 516 g/mol. The SMILES string of the molecule is CCCC1(CCC2CC#CC(c3ccccc3)c3cc(O)c(OC)cc3CCC(=O)C(O)C2=O)CCCC1. The maximum Gasteiger partial charge on any atom is 0.172 e. The molecule has 4 rings (SSSR count). The summed E-state index contributed by atoms with van der Waals surface area (Å²) in [6.45, 7) is 2.21. The summed E-state index contributed by atoms with van der Waals surface area (Å²) in [6.07, 6.45) is 7.69. The van der Waals surface area contributed by atoms with Crippen LogP contribution < -0.4 is 4.74 Å². The number of ether oxygens (including phenoxy) is 1. The zero-order valence-electron chi connectivity index (χ0n) is 22.7. The van der Waals surface area contributed by atoms with E-state index >= 15 is 0 Å². The van der Waals surface area contributed by atoms with Crippen LogP contribution in [0, 0.1) is 23.2 Å². The Kier molecular flexibility index (Phi) is 9.28. The number of phenolic OH excluding ortho intramolecular Hbond substituents is 1. The maximum absolute atomic E-state index is 13.4. The fourth-order valence-corrected chi connectivity index (χ4v) is 6.43. The lowest BCUT2D eigenvalue weighted by Crippen LogP contribution is -2.36. The van der Waals surface area contributed by atoms with Gasteiger partial charge < -0.3 is 14.9 Å². The van der Waals surface area contributed by atoms with Crippen molar-refractivity contribution in [3.8, 4) is 23.3 Å². The minimum Gasteiger partial charge on any atom is -0.504 e. The number of hydrogen-bond donors (Lipinski definition) is 2. The topological polar surface area (TPSA) is 83.8 Å². The Balaban J connectivity index is 1.72. The number of Topliss-reactive ketones (excluding diaryl/α,β-unsaturated/α-hetero) is 2. The van der Waals surface area contributed by atoms with Crippen LogP contribution in [0.4, 0.5) is 0 Å². The van der Waals surface area contributed by atoms with E-state index in [2.05, 4.69) is 18.8 Å². The predicted octanol–water partition coefficient (Wildman–Crippen LogP) is 6.13. The first-order chi connectivity index (χ1) is 18.4. The molecule has 2 aliphatic rings. The number of carbonyl (C=O) groups excluding carboxylic acids is 2. The molecule has 0 aliphatic heterocycles. The fraction of sp³-hybridized carbons (Fsp3) is 0.515. The van der Waals surface area contributed by atoms with Crippen LogP contribution in [-0.2, 0) is 16.0 Å². The Hall–Kier alpha value is -3.10. The van der Waals surface area contributed by atoms with E-state index in [9.17, 15) is 19.8 Å². The zero-order chi connectivity index (χ0) is 27.1. The molecule has 0 aromatic heterocycles. The van der Waals surface area contributed by atoms with E-state index in [0.717, 1.165) is 36.0 Å². The summed E-state index contributed by atoms with van der Waals surface area (Å²) in [7, 11) is 1.48. The van der Waals surface area contributed by atoms with Gasteiger partial charge in [-0.15, -0.1) is 5.92 Å². The van der Waals surface area contributed by atoms with Gasteiger partial charge in [0.25, 0.3) is 0 Å². The van der Waals surface area contributed by atoms with Crippen molar-refractivity contribution in [1.29, 1.82) is 0 Å². The molecule has 38 heavy (non-hydrogen) atoms. The molecule has 0 heterocycles. The van der Waals surface area contributed by atoms with Crippen molar-refractivity contribution in [3.63, 3.8) is 0 Å². The lowest BCUT2D eigenvalue weighted by Gasteiger charge is -2.30. The average Bonchev–Trinajstić information content (AvgIpc) is 3.39. The number of rotatable bonds is 7. The van der Waals surface area contributed by atoms with Crippen LogP contribution >= 0.6 is 0 Å². The summed E-state index contributed by atoms with van der Waals surface area (Å²) < 4.78 is 5.32. The second kappa shape index (κ2) is 12.6. The van der Waals surface area contributed by atoms with Gasteiger partial charge in [-0.1, -0.05) is 62.4 Å². The van der Waals surface area contributed by atoms with E-state index in [4.69, 9.17) is 4.74 Å². The molecule has 2 aromatic carbocycles.